The third kappa shape index (κ3) is 2.15. The molecule has 1 aromatic rings. The van der Waals surface area contributed by atoms with E-state index in [2.05, 4.69) is 15.9 Å². The largest absolute Gasteiger partial charge is 0.495 e. The summed E-state index contributed by atoms with van der Waals surface area (Å²) in [6.07, 6.45) is -2.75. The van der Waals surface area contributed by atoms with Crippen molar-refractivity contribution in [3.63, 3.8) is 0 Å². The molecule has 0 aliphatic carbocycles. The summed E-state index contributed by atoms with van der Waals surface area (Å²) in [5, 5.41) is 0. The topological polar surface area (TPSA) is 9.23 Å². The molecule has 0 heterocycles. The van der Waals surface area contributed by atoms with Crippen molar-refractivity contribution in [3.8, 4) is 5.75 Å². The molecule has 0 bridgehead atoms. The van der Waals surface area contributed by atoms with E-state index in [9.17, 15) is 13.2 Å². The Morgan fingerprint density at radius 3 is 2.46 bits per heavy atom. The van der Waals surface area contributed by atoms with Crippen LogP contribution >= 0.6 is 15.9 Å². The Morgan fingerprint density at radius 2 is 2.00 bits per heavy atom. The van der Waals surface area contributed by atoms with Crippen molar-refractivity contribution in [2.24, 2.45) is 0 Å². The zero-order chi connectivity index (χ0) is 10.0. The zero-order valence-corrected chi connectivity index (χ0v) is 8.24. The van der Waals surface area contributed by atoms with Crippen molar-refractivity contribution in [2.75, 3.05) is 7.11 Å². The molecule has 0 N–H and O–H groups in total. The van der Waals surface area contributed by atoms with Crippen LogP contribution in [0.15, 0.2) is 16.6 Å². The number of benzene rings is 1. The van der Waals surface area contributed by atoms with Crippen LogP contribution < -0.4 is 4.74 Å². The van der Waals surface area contributed by atoms with Gasteiger partial charge in [-0.15, -0.1) is 0 Å². The van der Waals surface area contributed by atoms with Crippen molar-refractivity contribution in [1.29, 1.82) is 0 Å². The van der Waals surface area contributed by atoms with Gasteiger partial charge in [0.05, 0.1) is 17.1 Å². The highest BCUT2D eigenvalue weighted by atomic mass is 79.9. The van der Waals surface area contributed by atoms with Gasteiger partial charge in [0.2, 0.25) is 0 Å². The third-order valence-electron chi connectivity index (χ3n) is 1.48. The molecule has 0 unspecified atom stereocenters. The van der Waals surface area contributed by atoms with Crippen molar-refractivity contribution in [1.82, 2.24) is 0 Å². The van der Waals surface area contributed by atoms with Crippen LogP contribution in [0, 0.1) is 5.82 Å². The summed E-state index contributed by atoms with van der Waals surface area (Å²) in [4.78, 5) is 0. The van der Waals surface area contributed by atoms with Crippen LogP contribution in [0.25, 0.3) is 0 Å². The first kappa shape index (κ1) is 10.4. The second-order valence-corrected chi connectivity index (χ2v) is 3.17. The fourth-order valence-corrected chi connectivity index (χ4v) is 1.57. The molecule has 5 heteroatoms. The van der Waals surface area contributed by atoms with Crippen molar-refractivity contribution >= 4 is 15.9 Å². The Bertz CT molecular complexity index is 315. The van der Waals surface area contributed by atoms with Crippen molar-refractivity contribution in [3.05, 3.63) is 28.0 Å². The van der Waals surface area contributed by atoms with E-state index in [0.717, 1.165) is 12.1 Å². The Kier molecular flexibility index (Phi) is 3.19. The molecule has 1 aromatic carbocycles. The average molecular weight is 255 g/mol. The third-order valence-corrected chi connectivity index (χ3v) is 2.07. The zero-order valence-electron chi connectivity index (χ0n) is 6.65. The van der Waals surface area contributed by atoms with Crippen molar-refractivity contribution < 1.29 is 17.9 Å². The van der Waals surface area contributed by atoms with E-state index in [0.29, 0.717) is 0 Å². The summed E-state index contributed by atoms with van der Waals surface area (Å²) in [5.74, 6) is -0.751. The summed E-state index contributed by atoms with van der Waals surface area (Å²) < 4.78 is 42.2. The fraction of sp³-hybridized carbons (Fsp3) is 0.250. The van der Waals surface area contributed by atoms with Crippen LogP contribution in [0.4, 0.5) is 13.2 Å². The minimum absolute atomic E-state index is 0.0311. The van der Waals surface area contributed by atoms with E-state index in [1.807, 2.05) is 0 Å². The van der Waals surface area contributed by atoms with Gasteiger partial charge < -0.3 is 4.74 Å². The minimum Gasteiger partial charge on any atom is -0.495 e. The van der Waals surface area contributed by atoms with Gasteiger partial charge in [0.25, 0.3) is 6.43 Å². The van der Waals surface area contributed by atoms with Gasteiger partial charge >= 0.3 is 0 Å². The SMILES string of the molecule is COc1c(Br)cc(F)cc1C(F)F. The van der Waals surface area contributed by atoms with Crippen LogP contribution in [0.2, 0.25) is 0 Å². The molecule has 0 saturated heterocycles. The van der Waals surface area contributed by atoms with Gasteiger partial charge in [0.15, 0.2) is 0 Å². The molecule has 1 nitrogen and oxygen atoms in total. The van der Waals surface area contributed by atoms with Crippen molar-refractivity contribution in [2.45, 2.75) is 6.43 Å². The molecular formula is C8H6BrF3O. The molecule has 0 fully saturated rings. The number of rotatable bonds is 2. The summed E-state index contributed by atoms with van der Waals surface area (Å²) in [5.41, 5.74) is -0.450. The highest BCUT2D eigenvalue weighted by Crippen LogP contribution is 2.35. The van der Waals surface area contributed by atoms with Crippen LogP contribution in [-0.4, -0.2) is 7.11 Å². The molecular weight excluding hydrogens is 249 g/mol. The molecule has 0 atom stereocenters. The van der Waals surface area contributed by atoms with E-state index in [1.165, 1.54) is 7.11 Å². The Labute approximate surface area is 81.6 Å². The molecule has 0 radical (unpaired) electrons. The first-order valence-corrected chi connectivity index (χ1v) is 4.16. The number of methoxy groups -OCH3 is 1. The smallest absolute Gasteiger partial charge is 0.267 e. The van der Waals surface area contributed by atoms with Crippen LogP contribution in [0.5, 0.6) is 5.75 Å². The van der Waals surface area contributed by atoms with Gasteiger partial charge in [0.1, 0.15) is 11.6 Å². The molecule has 0 aliphatic heterocycles. The first-order valence-electron chi connectivity index (χ1n) is 3.37. The lowest BCUT2D eigenvalue weighted by Crippen LogP contribution is -1.95. The normalized spacial score (nSPS) is 10.6. The summed E-state index contributed by atoms with van der Waals surface area (Å²) >= 11 is 2.93. The maximum absolute atomic E-state index is 12.7. The molecule has 0 amide bonds. The number of hydrogen-bond donors (Lipinski definition) is 0. The molecule has 0 aromatic heterocycles. The minimum atomic E-state index is -2.75. The lowest BCUT2D eigenvalue weighted by atomic mass is 10.2. The van der Waals surface area contributed by atoms with Crippen LogP contribution in [-0.2, 0) is 0 Å². The second kappa shape index (κ2) is 4.00. The highest BCUT2D eigenvalue weighted by Gasteiger charge is 2.17. The Balaban J connectivity index is 3.29. The number of hydrogen-bond acceptors (Lipinski definition) is 1. The summed E-state index contributed by atoms with van der Waals surface area (Å²) in [7, 11) is 1.25. The van der Waals surface area contributed by atoms with E-state index < -0.39 is 17.8 Å². The molecule has 72 valence electrons. The van der Waals surface area contributed by atoms with Gasteiger partial charge in [-0.25, -0.2) is 13.2 Å². The van der Waals surface area contributed by atoms with Gasteiger partial charge in [-0.05, 0) is 28.1 Å². The van der Waals surface area contributed by atoms with Crippen LogP contribution in [0.3, 0.4) is 0 Å². The van der Waals surface area contributed by atoms with Gasteiger partial charge in [-0.2, -0.15) is 0 Å². The van der Waals surface area contributed by atoms with Gasteiger partial charge in [-0.3, -0.25) is 0 Å². The number of alkyl halides is 2. The van der Waals surface area contributed by atoms with E-state index in [1.54, 1.807) is 0 Å². The first-order chi connectivity index (χ1) is 6.06. The molecule has 13 heavy (non-hydrogen) atoms. The molecule has 0 aliphatic rings. The van der Waals surface area contributed by atoms with E-state index >= 15 is 0 Å². The number of ether oxygens (including phenoxy) is 1. The Morgan fingerprint density at radius 1 is 1.38 bits per heavy atom. The summed E-state index contributed by atoms with van der Waals surface area (Å²) in [6, 6.07) is 1.83. The van der Waals surface area contributed by atoms with Gasteiger partial charge in [-0.1, -0.05) is 0 Å². The lowest BCUT2D eigenvalue weighted by Gasteiger charge is -2.09. The second-order valence-electron chi connectivity index (χ2n) is 2.31. The Hall–Kier alpha value is -0.710. The quantitative estimate of drug-likeness (QED) is 0.785. The molecule has 0 spiro atoms. The van der Waals surface area contributed by atoms with E-state index in [-0.39, 0.29) is 10.2 Å². The number of halogens is 4. The van der Waals surface area contributed by atoms with Gasteiger partial charge in [0, 0.05) is 0 Å². The standard InChI is InChI=1S/C8H6BrF3O/c1-13-7-5(8(11)12)2-4(10)3-6(7)9/h2-3,8H,1H3. The maximum Gasteiger partial charge on any atom is 0.267 e. The predicted molar refractivity (Wildman–Crippen MR) is 45.6 cm³/mol. The fourth-order valence-electron chi connectivity index (χ4n) is 0.958. The monoisotopic (exact) mass is 254 g/mol. The average Bonchev–Trinajstić information content (AvgIpc) is 2.02. The van der Waals surface area contributed by atoms with Crippen LogP contribution in [0.1, 0.15) is 12.0 Å². The van der Waals surface area contributed by atoms with E-state index in [4.69, 9.17) is 4.74 Å². The molecule has 0 saturated carbocycles. The molecule has 1 rings (SSSR count). The predicted octanol–water partition coefficient (Wildman–Crippen LogP) is 3.53. The maximum atomic E-state index is 12.7. The lowest BCUT2D eigenvalue weighted by molar-refractivity contribution is 0.146. The highest BCUT2D eigenvalue weighted by molar-refractivity contribution is 9.10. The summed E-state index contributed by atoms with van der Waals surface area (Å²) in [6.45, 7) is 0.